The van der Waals surface area contributed by atoms with E-state index in [0.29, 0.717) is 11.3 Å². The van der Waals surface area contributed by atoms with Crippen molar-refractivity contribution in [2.75, 3.05) is 6.26 Å². The summed E-state index contributed by atoms with van der Waals surface area (Å²) in [6.45, 7) is 12.0. The molecule has 1 saturated carbocycles. The Morgan fingerprint density at radius 1 is 1.28 bits per heavy atom. The van der Waals surface area contributed by atoms with Crippen molar-refractivity contribution in [3.8, 4) is 0 Å². The number of hydrogen-bond acceptors (Lipinski definition) is 3. The van der Waals surface area contributed by atoms with E-state index < -0.39 is 0 Å². The van der Waals surface area contributed by atoms with Gasteiger partial charge in [0, 0.05) is 10.6 Å². The van der Waals surface area contributed by atoms with Gasteiger partial charge in [0.25, 0.3) is 0 Å². The Labute approximate surface area is 164 Å². The zero-order chi connectivity index (χ0) is 18.4. The lowest BCUT2D eigenvalue weighted by Gasteiger charge is -2.37. The summed E-state index contributed by atoms with van der Waals surface area (Å²) in [6, 6.07) is 0. The third kappa shape index (κ3) is 7.62. The summed E-state index contributed by atoms with van der Waals surface area (Å²) < 4.78 is 0. The highest BCUT2D eigenvalue weighted by atomic mass is 32.2. The second-order valence-corrected chi connectivity index (χ2v) is 11.7. The van der Waals surface area contributed by atoms with Crippen LogP contribution in [0.4, 0.5) is 0 Å². The van der Waals surface area contributed by atoms with E-state index in [1.165, 1.54) is 49.2 Å². The van der Waals surface area contributed by atoms with Crippen LogP contribution in [0.25, 0.3) is 0 Å². The van der Waals surface area contributed by atoms with Gasteiger partial charge in [-0.3, -0.25) is 0 Å². The molecule has 1 aliphatic carbocycles. The van der Waals surface area contributed by atoms with Gasteiger partial charge in [-0.15, -0.1) is 11.3 Å². The summed E-state index contributed by atoms with van der Waals surface area (Å²) >= 11 is 3.93. The largest absolute Gasteiger partial charge is 0.246 e. The predicted octanol–water partition coefficient (Wildman–Crippen LogP) is 7.25. The quantitative estimate of drug-likeness (QED) is 0.400. The van der Waals surface area contributed by atoms with Gasteiger partial charge in [0.15, 0.2) is 0 Å². The van der Waals surface area contributed by atoms with Crippen LogP contribution in [0.1, 0.15) is 83.8 Å². The minimum atomic E-state index is 0.496. The Balaban J connectivity index is 1.66. The summed E-state index contributed by atoms with van der Waals surface area (Å²) in [6.07, 6.45) is 13.0. The van der Waals surface area contributed by atoms with E-state index in [4.69, 9.17) is 4.98 Å². The lowest BCUT2D eigenvalue weighted by Crippen LogP contribution is -2.27. The molecule has 1 unspecified atom stereocenters. The molecule has 3 heteroatoms. The fraction of sp³-hybridized carbons (Fsp3) is 0.864. The van der Waals surface area contributed by atoms with Gasteiger partial charge in [-0.25, -0.2) is 4.98 Å². The molecule has 25 heavy (non-hydrogen) atoms. The molecule has 144 valence electrons. The highest BCUT2D eigenvalue weighted by molar-refractivity contribution is 7.99. The first-order valence-corrected chi connectivity index (χ1v) is 12.4. The molecule has 0 saturated heterocycles. The fourth-order valence-electron chi connectivity index (χ4n) is 4.19. The molecule has 1 heterocycles. The smallest absolute Gasteiger partial charge is 0.0928 e. The van der Waals surface area contributed by atoms with E-state index in [0.717, 1.165) is 29.9 Å². The Morgan fingerprint density at radius 3 is 2.64 bits per heavy atom. The van der Waals surface area contributed by atoms with E-state index in [-0.39, 0.29) is 0 Å². The van der Waals surface area contributed by atoms with Crippen LogP contribution in [0.5, 0.6) is 0 Å². The van der Waals surface area contributed by atoms with Crippen molar-refractivity contribution in [2.45, 2.75) is 91.2 Å². The normalized spacial score (nSPS) is 22.2. The minimum Gasteiger partial charge on any atom is -0.246 e. The maximum atomic E-state index is 4.83. The molecule has 0 amide bonds. The molecular weight excluding hydrogens is 342 g/mol. The average molecular weight is 382 g/mol. The predicted molar refractivity (Wildman–Crippen MR) is 116 cm³/mol. The molecule has 1 aromatic heterocycles. The average Bonchev–Trinajstić information content (AvgIpc) is 2.90. The number of aryl methyl sites for hydroxylation is 1. The lowest BCUT2D eigenvalue weighted by atomic mass is 9.73. The van der Waals surface area contributed by atoms with E-state index in [1.807, 2.05) is 11.3 Å². The fourth-order valence-corrected chi connectivity index (χ4v) is 5.95. The van der Waals surface area contributed by atoms with Gasteiger partial charge in [-0.2, -0.15) is 11.8 Å². The van der Waals surface area contributed by atoms with Crippen molar-refractivity contribution < 1.29 is 0 Å². The monoisotopic (exact) mass is 381 g/mol. The first kappa shape index (κ1) is 21.3. The van der Waals surface area contributed by atoms with E-state index in [9.17, 15) is 0 Å². The van der Waals surface area contributed by atoms with Crippen molar-refractivity contribution in [1.29, 1.82) is 0 Å². The van der Waals surface area contributed by atoms with E-state index in [1.54, 1.807) is 0 Å². The maximum absolute atomic E-state index is 4.83. The second-order valence-electron chi connectivity index (χ2n) is 9.58. The number of aromatic nitrogens is 1. The van der Waals surface area contributed by atoms with Gasteiger partial charge >= 0.3 is 0 Å². The topological polar surface area (TPSA) is 12.9 Å². The van der Waals surface area contributed by atoms with Crippen LogP contribution in [-0.2, 0) is 12.8 Å². The summed E-state index contributed by atoms with van der Waals surface area (Å²) in [5.74, 6) is 2.52. The summed E-state index contributed by atoms with van der Waals surface area (Å²) in [5, 5.41) is 4.58. The third-order valence-corrected chi connectivity index (χ3v) is 7.73. The summed E-state index contributed by atoms with van der Waals surface area (Å²) in [4.78, 5) is 4.83. The van der Waals surface area contributed by atoms with Gasteiger partial charge in [-0.05, 0) is 80.8 Å². The molecule has 0 spiro atoms. The molecule has 0 N–H and O–H groups in total. The zero-order valence-corrected chi connectivity index (χ0v) is 18.9. The standard InChI is InChI=1S/C22H39NS2/c1-16(2)11-19-15-25-21(23-19)8-7-17(3)14-22(4,5)10-9-18-12-20(13-18)24-6/h15-18,20H,7-14H2,1-6H3. The SMILES string of the molecule is CSC1CC(CCC(C)(C)CC(C)CCc2nc(CC(C)C)cs2)C1. The molecule has 1 nitrogen and oxygen atoms in total. The van der Waals surface area contributed by atoms with Crippen molar-refractivity contribution in [2.24, 2.45) is 23.2 Å². The van der Waals surface area contributed by atoms with Crippen molar-refractivity contribution in [3.63, 3.8) is 0 Å². The summed E-state index contributed by atoms with van der Waals surface area (Å²) in [7, 11) is 0. The molecule has 1 aliphatic rings. The Kier molecular flexibility index (Phi) is 8.33. The molecule has 1 aromatic rings. The minimum absolute atomic E-state index is 0.496. The van der Waals surface area contributed by atoms with Gasteiger partial charge in [0.2, 0.25) is 0 Å². The summed E-state index contributed by atoms with van der Waals surface area (Å²) in [5.41, 5.74) is 1.79. The van der Waals surface area contributed by atoms with Crippen LogP contribution in [0, 0.1) is 23.2 Å². The van der Waals surface area contributed by atoms with Gasteiger partial charge in [0.05, 0.1) is 10.7 Å². The zero-order valence-electron chi connectivity index (χ0n) is 17.3. The number of nitrogens with zero attached hydrogens (tertiary/aromatic N) is 1. The van der Waals surface area contributed by atoms with Crippen LogP contribution in [0.15, 0.2) is 5.38 Å². The van der Waals surface area contributed by atoms with Crippen molar-refractivity contribution in [1.82, 2.24) is 4.98 Å². The van der Waals surface area contributed by atoms with Crippen molar-refractivity contribution >= 4 is 23.1 Å². The van der Waals surface area contributed by atoms with Gasteiger partial charge in [0.1, 0.15) is 0 Å². The number of hydrogen-bond donors (Lipinski definition) is 0. The number of rotatable bonds is 11. The molecule has 1 atom stereocenters. The molecule has 0 radical (unpaired) electrons. The van der Waals surface area contributed by atoms with Gasteiger partial charge < -0.3 is 0 Å². The van der Waals surface area contributed by atoms with Crippen LogP contribution in [0.2, 0.25) is 0 Å². The van der Waals surface area contributed by atoms with Crippen LogP contribution in [0.3, 0.4) is 0 Å². The molecular formula is C22H39NS2. The molecule has 0 aromatic carbocycles. The van der Waals surface area contributed by atoms with E-state index in [2.05, 4.69) is 58.0 Å². The lowest BCUT2D eigenvalue weighted by molar-refractivity contribution is 0.201. The van der Waals surface area contributed by atoms with Crippen molar-refractivity contribution in [3.05, 3.63) is 16.1 Å². The molecule has 0 aliphatic heterocycles. The second kappa shape index (κ2) is 9.78. The first-order valence-electron chi connectivity index (χ1n) is 10.2. The Bertz CT molecular complexity index is 500. The molecule has 1 fully saturated rings. The highest BCUT2D eigenvalue weighted by Crippen LogP contribution is 2.42. The first-order chi connectivity index (χ1) is 11.8. The number of thiazole rings is 1. The molecule has 0 bridgehead atoms. The third-order valence-electron chi connectivity index (χ3n) is 5.72. The van der Waals surface area contributed by atoms with E-state index >= 15 is 0 Å². The van der Waals surface area contributed by atoms with Crippen LogP contribution in [-0.4, -0.2) is 16.5 Å². The van der Waals surface area contributed by atoms with Gasteiger partial charge in [-0.1, -0.05) is 34.6 Å². The van der Waals surface area contributed by atoms with Crippen LogP contribution < -0.4 is 0 Å². The molecule has 2 rings (SSSR count). The Hall–Kier alpha value is -0.0200. The highest BCUT2D eigenvalue weighted by Gasteiger charge is 2.30. The number of thioether (sulfide) groups is 1. The maximum Gasteiger partial charge on any atom is 0.0928 e. The Morgan fingerprint density at radius 2 is 2.00 bits per heavy atom. The van der Waals surface area contributed by atoms with Crippen LogP contribution >= 0.6 is 23.1 Å².